The molecule has 1 heterocycles. The van der Waals surface area contributed by atoms with Crippen LogP contribution in [0.15, 0.2) is 12.3 Å². The summed E-state index contributed by atoms with van der Waals surface area (Å²) in [6, 6.07) is 2.16. The smallest absolute Gasteiger partial charge is 0.149 e. The molecule has 88 valence electrons. The number of pyridine rings is 1. The minimum absolute atomic E-state index is 0.429. The monoisotopic (exact) mass is 239 g/mol. The second-order valence-electron chi connectivity index (χ2n) is 4.57. The Kier molecular flexibility index (Phi) is 3.54. The summed E-state index contributed by atoms with van der Waals surface area (Å²) < 4.78 is 0. The fourth-order valence-electron chi connectivity index (χ4n) is 2.37. The summed E-state index contributed by atoms with van der Waals surface area (Å²) in [5.41, 5.74) is 6.48. The lowest BCUT2D eigenvalue weighted by atomic mass is 10.00. The number of nitrogens with two attached hydrogens (primary N) is 1. The Hall–Kier alpha value is -0.960. The highest BCUT2D eigenvalue weighted by Crippen LogP contribution is 2.30. The number of halogens is 1. The fourth-order valence-corrected chi connectivity index (χ4v) is 2.53. The first-order valence-corrected chi connectivity index (χ1v) is 6.22. The van der Waals surface area contributed by atoms with Crippen molar-refractivity contribution in [3.05, 3.63) is 17.3 Å². The van der Waals surface area contributed by atoms with Gasteiger partial charge in [-0.2, -0.15) is 0 Å². The van der Waals surface area contributed by atoms with Gasteiger partial charge in [0.25, 0.3) is 0 Å². The van der Waals surface area contributed by atoms with E-state index in [4.69, 9.17) is 17.3 Å². The Balaban J connectivity index is 2.02. The van der Waals surface area contributed by atoms with E-state index in [1.54, 1.807) is 12.3 Å². The Morgan fingerprint density at radius 1 is 1.50 bits per heavy atom. The van der Waals surface area contributed by atoms with Crippen molar-refractivity contribution in [1.82, 2.24) is 4.98 Å². The lowest BCUT2D eigenvalue weighted by molar-refractivity contribution is 0.481. The third-order valence-electron chi connectivity index (χ3n) is 3.36. The van der Waals surface area contributed by atoms with E-state index < -0.39 is 0 Å². The Labute approximate surface area is 101 Å². The number of nitrogen functional groups attached to an aromatic ring is 1. The molecule has 0 aliphatic heterocycles. The highest BCUT2D eigenvalue weighted by atomic mass is 35.5. The van der Waals surface area contributed by atoms with Crippen molar-refractivity contribution in [2.24, 2.45) is 5.92 Å². The SMILES string of the molecule is CC(Nc1ncc(Cl)cc1N)C1CCCC1. The van der Waals surface area contributed by atoms with E-state index in [9.17, 15) is 0 Å². The molecule has 1 aliphatic rings. The lowest BCUT2D eigenvalue weighted by Crippen LogP contribution is -2.24. The molecule has 0 saturated heterocycles. The van der Waals surface area contributed by atoms with Gasteiger partial charge in [-0.3, -0.25) is 0 Å². The third kappa shape index (κ3) is 2.59. The maximum absolute atomic E-state index is 5.86. The van der Waals surface area contributed by atoms with Crippen molar-refractivity contribution in [3.8, 4) is 0 Å². The molecule has 1 aromatic rings. The van der Waals surface area contributed by atoms with Crippen LogP contribution in [-0.4, -0.2) is 11.0 Å². The molecule has 1 fully saturated rings. The molecule has 0 bridgehead atoms. The van der Waals surface area contributed by atoms with Gasteiger partial charge in [-0.25, -0.2) is 4.98 Å². The van der Waals surface area contributed by atoms with Crippen molar-refractivity contribution in [2.75, 3.05) is 11.1 Å². The van der Waals surface area contributed by atoms with Gasteiger partial charge in [-0.05, 0) is 31.7 Å². The van der Waals surface area contributed by atoms with Gasteiger partial charge >= 0.3 is 0 Å². The van der Waals surface area contributed by atoms with E-state index in [1.807, 2.05) is 0 Å². The van der Waals surface area contributed by atoms with Gasteiger partial charge in [0.2, 0.25) is 0 Å². The topological polar surface area (TPSA) is 50.9 Å². The van der Waals surface area contributed by atoms with E-state index in [0.717, 1.165) is 11.7 Å². The molecule has 1 aliphatic carbocycles. The summed E-state index contributed by atoms with van der Waals surface area (Å²) in [7, 11) is 0. The minimum Gasteiger partial charge on any atom is -0.396 e. The Morgan fingerprint density at radius 2 is 2.19 bits per heavy atom. The van der Waals surface area contributed by atoms with Crippen LogP contribution in [0.5, 0.6) is 0 Å². The standard InChI is InChI=1S/C12H18ClN3/c1-8(9-4-2-3-5-9)16-12-11(14)6-10(13)7-15-12/h6-9H,2-5,14H2,1H3,(H,15,16). The summed E-state index contributed by atoms with van der Waals surface area (Å²) in [5.74, 6) is 1.50. The average Bonchev–Trinajstić information content (AvgIpc) is 2.75. The van der Waals surface area contributed by atoms with Crippen molar-refractivity contribution in [2.45, 2.75) is 38.6 Å². The molecule has 16 heavy (non-hydrogen) atoms. The van der Waals surface area contributed by atoms with Crippen LogP contribution in [0.4, 0.5) is 11.5 Å². The van der Waals surface area contributed by atoms with Crippen LogP contribution in [0, 0.1) is 5.92 Å². The number of aromatic nitrogens is 1. The summed E-state index contributed by atoms with van der Waals surface area (Å²) in [4.78, 5) is 4.22. The zero-order valence-electron chi connectivity index (χ0n) is 9.54. The molecule has 2 rings (SSSR count). The first-order chi connectivity index (χ1) is 7.66. The average molecular weight is 240 g/mol. The molecular weight excluding hydrogens is 222 g/mol. The molecule has 0 radical (unpaired) electrons. The van der Waals surface area contributed by atoms with E-state index in [1.165, 1.54) is 25.7 Å². The van der Waals surface area contributed by atoms with E-state index >= 15 is 0 Å². The largest absolute Gasteiger partial charge is 0.396 e. The highest BCUT2D eigenvalue weighted by Gasteiger charge is 2.21. The number of hydrogen-bond donors (Lipinski definition) is 2. The van der Waals surface area contributed by atoms with Crippen molar-refractivity contribution in [3.63, 3.8) is 0 Å². The first-order valence-electron chi connectivity index (χ1n) is 5.84. The molecule has 1 atom stereocenters. The highest BCUT2D eigenvalue weighted by molar-refractivity contribution is 6.30. The van der Waals surface area contributed by atoms with Gasteiger partial charge in [0.15, 0.2) is 0 Å². The summed E-state index contributed by atoms with van der Waals surface area (Å²) in [5, 5.41) is 3.96. The predicted octanol–water partition coefficient (Wildman–Crippen LogP) is 3.31. The van der Waals surface area contributed by atoms with Crippen molar-refractivity contribution < 1.29 is 0 Å². The molecule has 3 N–H and O–H groups in total. The zero-order valence-corrected chi connectivity index (χ0v) is 10.3. The van der Waals surface area contributed by atoms with Crippen molar-refractivity contribution >= 4 is 23.1 Å². The third-order valence-corrected chi connectivity index (χ3v) is 3.56. The van der Waals surface area contributed by atoms with Gasteiger partial charge in [0.1, 0.15) is 5.82 Å². The van der Waals surface area contributed by atoms with Crippen LogP contribution in [0.2, 0.25) is 5.02 Å². The predicted molar refractivity (Wildman–Crippen MR) is 68.7 cm³/mol. The lowest BCUT2D eigenvalue weighted by Gasteiger charge is -2.21. The van der Waals surface area contributed by atoms with E-state index in [0.29, 0.717) is 16.8 Å². The van der Waals surface area contributed by atoms with Gasteiger partial charge in [-0.1, -0.05) is 24.4 Å². The van der Waals surface area contributed by atoms with Crippen LogP contribution in [0.1, 0.15) is 32.6 Å². The van der Waals surface area contributed by atoms with E-state index in [-0.39, 0.29) is 0 Å². The molecule has 0 spiro atoms. The Bertz CT molecular complexity index is 361. The van der Waals surface area contributed by atoms with Crippen LogP contribution in [0.25, 0.3) is 0 Å². The van der Waals surface area contributed by atoms with Crippen molar-refractivity contribution in [1.29, 1.82) is 0 Å². The van der Waals surface area contributed by atoms with Gasteiger partial charge in [0, 0.05) is 12.2 Å². The van der Waals surface area contributed by atoms with Gasteiger partial charge < -0.3 is 11.1 Å². The second-order valence-corrected chi connectivity index (χ2v) is 5.01. The number of anilines is 2. The Morgan fingerprint density at radius 3 is 2.81 bits per heavy atom. The molecule has 0 amide bonds. The fraction of sp³-hybridized carbons (Fsp3) is 0.583. The molecule has 1 aromatic heterocycles. The number of nitrogens with zero attached hydrogens (tertiary/aromatic N) is 1. The van der Waals surface area contributed by atoms with E-state index in [2.05, 4.69) is 17.2 Å². The van der Waals surface area contributed by atoms with Crippen LogP contribution < -0.4 is 11.1 Å². The molecule has 0 aromatic carbocycles. The summed E-state index contributed by atoms with van der Waals surface area (Å²) >= 11 is 5.81. The summed E-state index contributed by atoms with van der Waals surface area (Å²) in [6.07, 6.45) is 6.94. The first kappa shape index (κ1) is 11.5. The van der Waals surface area contributed by atoms with Crippen LogP contribution in [0.3, 0.4) is 0 Å². The maximum atomic E-state index is 5.86. The van der Waals surface area contributed by atoms with Gasteiger partial charge in [0.05, 0.1) is 10.7 Å². The zero-order chi connectivity index (χ0) is 11.5. The number of nitrogens with one attached hydrogen (secondary N) is 1. The molecule has 4 heteroatoms. The quantitative estimate of drug-likeness (QED) is 0.851. The molecule has 1 saturated carbocycles. The number of rotatable bonds is 3. The van der Waals surface area contributed by atoms with Gasteiger partial charge in [-0.15, -0.1) is 0 Å². The van der Waals surface area contributed by atoms with Crippen LogP contribution >= 0.6 is 11.6 Å². The number of hydrogen-bond acceptors (Lipinski definition) is 3. The maximum Gasteiger partial charge on any atom is 0.149 e. The summed E-state index contributed by atoms with van der Waals surface area (Å²) in [6.45, 7) is 2.20. The molecule has 3 nitrogen and oxygen atoms in total. The molecule has 1 unspecified atom stereocenters. The normalized spacial score (nSPS) is 18.6. The molecular formula is C12H18ClN3. The van der Waals surface area contributed by atoms with Crippen LogP contribution in [-0.2, 0) is 0 Å². The second kappa shape index (κ2) is 4.91. The minimum atomic E-state index is 0.429.